The number of aromatic nitrogens is 1. The molecule has 37 heavy (non-hydrogen) atoms. The quantitative estimate of drug-likeness (QED) is 0.265. The Balaban J connectivity index is 1.99. The molecular formula is C25H22BrN3O7S. The Kier molecular flexibility index (Phi) is 7.32. The Morgan fingerprint density at radius 3 is 2.70 bits per heavy atom. The maximum atomic E-state index is 13.7. The third-order valence-electron chi connectivity index (χ3n) is 5.83. The number of fused-ring (bicyclic) bond motifs is 1. The summed E-state index contributed by atoms with van der Waals surface area (Å²) in [5.74, 6) is -0.506. The summed E-state index contributed by atoms with van der Waals surface area (Å²) in [5.41, 5.74) is 1.34. The van der Waals surface area contributed by atoms with E-state index in [4.69, 9.17) is 9.47 Å². The summed E-state index contributed by atoms with van der Waals surface area (Å²) in [5, 5.41) is 21.8. The van der Waals surface area contributed by atoms with Gasteiger partial charge in [-0.3, -0.25) is 19.5 Å². The molecule has 1 aliphatic heterocycles. The van der Waals surface area contributed by atoms with E-state index in [9.17, 15) is 24.8 Å². The lowest BCUT2D eigenvalue weighted by Crippen LogP contribution is -2.40. The van der Waals surface area contributed by atoms with Crippen LogP contribution < -0.4 is 19.6 Å². The van der Waals surface area contributed by atoms with Crippen molar-refractivity contribution in [2.75, 3.05) is 13.7 Å². The predicted octanol–water partition coefficient (Wildman–Crippen LogP) is 3.49. The van der Waals surface area contributed by atoms with Crippen molar-refractivity contribution in [1.29, 1.82) is 0 Å². The van der Waals surface area contributed by atoms with Gasteiger partial charge in [0.2, 0.25) is 0 Å². The molecule has 192 valence electrons. The smallest absolute Gasteiger partial charge is 0.338 e. The second-order valence-electron chi connectivity index (χ2n) is 8.16. The molecule has 0 spiro atoms. The van der Waals surface area contributed by atoms with Crippen molar-refractivity contribution in [1.82, 2.24) is 4.57 Å². The number of phenols is 1. The summed E-state index contributed by atoms with van der Waals surface area (Å²) in [7, 11) is 1.42. The highest BCUT2D eigenvalue weighted by atomic mass is 79.9. The van der Waals surface area contributed by atoms with Gasteiger partial charge in [-0.05, 0) is 66.0 Å². The molecule has 0 saturated heterocycles. The summed E-state index contributed by atoms with van der Waals surface area (Å²) in [6, 6.07) is 6.85. The minimum Gasteiger partial charge on any atom is -0.503 e. The van der Waals surface area contributed by atoms with Crippen LogP contribution in [-0.2, 0) is 9.53 Å². The number of nitro benzene ring substituents is 1. The Bertz CT molecular complexity index is 1660. The van der Waals surface area contributed by atoms with E-state index in [1.807, 2.05) is 0 Å². The van der Waals surface area contributed by atoms with Gasteiger partial charge in [-0.15, -0.1) is 0 Å². The molecule has 12 heteroatoms. The number of aromatic hydroxyl groups is 1. The molecule has 2 aromatic carbocycles. The number of carbonyl (C=O) groups excluding carboxylic acids is 1. The lowest BCUT2D eigenvalue weighted by Gasteiger charge is -2.24. The SMILES string of the molecule is CCOC(=O)C1=C(C)N=c2s/c(=C/c3cc(Br)c(O)c(OC)c3)c(=O)n2[C@@H]1c1ccc(C)c([N+](=O)[O-])c1. The molecule has 0 amide bonds. The molecule has 0 fully saturated rings. The summed E-state index contributed by atoms with van der Waals surface area (Å²) in [4.78, 5) is 42.7. The monoisotopic (exact) mass is 587 g/mol. The van der Waals surface area contributed by atoms with Gasteiger partial charge in [0, 0.05) is 11.6 Å². The standard InChI is InChI=1S/C25H22BrN3O7S/c1-5-36-24(32)20-13(3)27-25-28(21(20)15-7-6-12(2)17(11-15)29(33)34)23(31)19(37-25)10-14-8-16(26)22(30)18(9-14)35-4/h6-11,21,30H,5H2,1-4H3/b19-10+/t21-/m1/s1. The Labute approximate surface area is 223 Å². The fraction of sp³-hybridized carbons (Fsp3) is 0.240. The van der Waals surface area contributed by atoms with Gasteiger partial charge in [-0.2, -0.15) is 0 Å². The van der Waals surface area contributed by atoms with Crippen molar-refractivity contribution in [2.45, 2.75) is 26.8 Å². The van der Waals surface area contributed by atoms with E-state index in [0.717, 1.165) is 11.3 Å². The number of thiazole rings is 1. The maximum absolute atomic E-state index is 13.7. The normalized spacial score (nSPS) is 15.3. The molecule has 1 N–H and O–H groups in total. The molecule has 1 aliphatic rings. The largest absolute Gasteiger partial charge is 0.503 e. The van der Waals surface area contributed by atoms with Crippen LogP contribution in [0.1, 0.15) is 36.6 Å². The van der Waals surface area contributed by atoms with E-state index in [2.05, 4.69) is 20.9 Å². The second-order valence-corrected chi connectivity index (χ2v) is 10.0. The van der Waals surface area contributed by atoms with Crippen LogP contribution in [-0.4, -0.2) is 34.3 Å². The molecule has 2 heterocycles. The van der Waals surface area contributed by atoms with E-state index >= 15 is 0 Å². The van der Waals surface area contributed by atoms with Crippen molar-refractivity contribution < 1.29 is 24.3 Å². The van der Waals surface area contributed by atoms with E-state index in [-0.39, 0.29) is 29.4 Å². The van der Waals surface area contributed by atoms with E-state index in [1.165, 1.54) is 17.7 Å². The number of methoxy groups -OCH3 is 1. The molecule has 4 rings (SSSR count). The second kappa shape index (κ2) is 10.3. The number of esters is 1. The third kappa shape index (κ3) is 4.81. The summed E-state index contributed by atoms with van der Waals surface area (Å²) < 4.78 is 12.5. The highest BCUT2D eigenvalue weighted by Crippen LogP contribution is 2.36. The number of nitro groups is 1. The number of hydrogen-bond acceptors (Lipinski definition) is 9. The number of phenolic OH excluding ortho intramolecular Hbond substituents is 1. The van der Waals surface area contributed by atoms with Crippen molar-refractivity contribution in [2.24, 2.45) is 4.99 Å². The molecule has 1 atom stereocenters. The number of allylic oxidation sites excluding steroid dienone is 1. The number of ether oxygens (including phenoxy) is 2. The Morgan fingerprint density at radius 1 is 1.32 bits per heavy atom. The molecule has 0 bridgehead atoms. The van der Waals surface area contributed by atoms with Gasteiger partial charge in [-0.1, -0.05) is 23.5 Å². The van der Waals surface area contributed by atoms with E-state index < -0.39 is 22.5 Å². The highest BCUT2D eigenvalue weighted by Gasteiger charge is 2.34. The number of rotatable bonds is 6. The van der Waals surface area contributed by atoms with Crippen LogP contribution in [0.2, 0.25) is 0 Å². The van der Waals surface area contributed by atoms with Gasteiger partial charge in [0.15, 0.2) is 16.3 Å². The summed E-state index contributed by atoms with van der Waals surface area (Å²) >= 11 is 4.39. The van der Waals surface area contributed by atoms with Crippen LogP contribution in [0.5, 0.6) is 11.5 Å². The molecular weight excluding hydrogens is 566 g/mol. The molecule has 10 nitrogen and oxygen atoms in total. The number of hydrogen-bond donors (Lipinski definition) is 1. The number of nitrogens with zero attached hydrogens (tertiary/aromatic N) is 3. The van der Waals surface area contributed by atoms with Crippen molar-refractivity contribution in [3.63, 3.8) is 0 Å². The molecule has 0 saturated carbocycles. The minimum atomic E-state index is -0.974. The van der Waals surface area contributed by atoms with Gasteiger partial charge in [0.1, 0.15) is 0 Å². The molecule has 0 unspecified atom stereocenters. The van der Waals surface area contributed by atoms with Gasteiger partial charge in [0.05, 0.1) is 45.0 Å². The van der Waals surface area contributed by atoms with Crippen molar-refractivity contribution in [3.8, 4) is 11.5 Å². The average Bonchev–Trinajstić information content (AvgIpc) is 3.14. The van der Waals surface area contributed by atoms with E-state index in [1.54, 1.807) is 51.1 Å². The van der Waals surface area contributed by atoms with Gasteiger partial charge in [-0.25, -0.2) is 9.79 Å². The molecule has 0 radical (unpaired) electrons. The predicted molar refractivity (Wildman–Crippen MR) is 141 cm³/mol. The van der Waals surface area contributed by atoms with Gasteiger partial charge in [0.25, 0.3) is 11.2 Å². The molecule has 3 aromatic rings. The van der Waals surface area contributed by atoms with Gasteiger partial charge < -0.3 is 14.6 Å². The average molecular weight is 588 g/mol. The van der Waals surface area contributed by atoms with Crippen LogP contribution >= 0.6 is 27.3 Å². The molecule has 1 aromatic heterocycles. The van der Waals surface area contributed by atoms with Crippen LogP contribution in [0.3, 0.4) is 0 Å². The first-order chi connectivity index (χ1) is 17.6. The minimum absolute atomic E-state index is 0.0724. The first kappa shape index (κ1) is 26.3. The topological polar surface area (TPSA) is 133 Å². The first-order valence-corrected chi connectivity index (χ1v) is 12.7. The first-order valence-electron chi connectivity index (χ1n) is 11.1. The Hall–Kier alpha value is -3.77. The number of halogens is 1. The fourth-order valence-corrected chi connectivity index (χ4v) is 5.59. The highest BCUT2D eigenvalue weighted by molar-refractivity contribution is 9.10. The third-order valence-corrected chi connectivity index (χ3v) is 7.42. The Morgan fingerprint density at radius 2 is 2.05 bits per heavy atom. The summed E-state index contributed by atoms with van der Waals surface area (Å²) in [6.07, 6.45) is 1.62. The number of benzene rings is 2. The van der Waals surface area contributed by atoms with Crippen LogP contribution in [0, 0.1) is 17.0 Å². The molecule has 0 aliphatic carbocycles. The fourth-order valence-electron chi connectivity index (χ4n) is 4.08. The maximum Gasteiger partial charge on any atom is 0.338 e. The van der Waals surface area contributed by atoms with Crippen molar-refractivity contribution in [3.05, 3.63) is 92.6 Å². The zero-order chi connectivity index (χ0) is 27.0. The van der Waals surface area contributed by atoms with Crippen LogP contribution in [0.15, 0.2) is 55.9 Å². The zero-order valence-electron chi connectivity index (χ0n) is 20.3. The lowest BCUT2D eigenvalue weighted by molar-refractivity contribution is -0.385. The lowest BCUT2D eigenvalue weighted by atomic mass is 9.94. The van der Waals surface area contributed by atoms with Crippen LogP contribution in [0.25, 0.3) is 6.08 Å². The number of aryl methyl sites for hydroxylation is 1. The van der Waals surface area contributed by atoms with Gasteiger partial charge >= 0.3 is 5.97 Å². The van der Waals surface area contributed by atoms with E-state index in [0.29, 0.717) is 36.2 Å². The number of carbonyl (C=O) groups is 1. The van der Waals surface area contributed by atoms with Crippen molar-refractivity contribution >= 4 is 45.0 Å². The van der Waals surface area contributed by atoms with Crippen LogP contribution in [0.4, 0.5) is 5.69 Å². The zero-order valence-corrected chi connectivity index (χ0v) is 22.7. The summed E-state index contributed by atoms with van der Waals surface area (Å²) in [6.45, 7) is 5.03.